The number of ether oxygens (including phenoxy) is 1. The topological polar surface area (TPSA) is 25.4 Å². The van der Waals surface area contributed by atoms with Crippen LogP contribution < -0.4 is 4.74 Å². The lowest BCUT2D eigenvalue weighted by Gasteiger charge is -2.34. The zero-order valence-electron chi connectivity index (χ0n) is 12.8. The van der Waals surface area contributed by atoms with Crippen LogP contribution in [0.1, 0.15) is 43.7 Å². The highest BCUT2D eigenvalue weighted by molar-refractivity contribution is 5.33. The summed E-state index contributed by atoms with van der Waals surface area (Å²) in [4.78, 5) is 6.80. The number of rotatable bonds is 3. The van der Waals surface area contributed by atoms with Crippen LogP contribution in [0.2, 0.25) is 0 Å². The van der Waals surface area contributed by atoms with Gasteiger partial charge in [0, 0.05) is 18.3 Å². The van der Waals surface area contributed by atoms with E-state index in [9.17, 15) is 0 Å². The molecule has 2 atom stereocenters. The Morgan fingerprint density at radius 2 is 1.86 bits per heavy atom. The van der Waals surface area contributed by atoms with E-state index in [1.807, 2.05) is 12.1 Å². The summed E-state index contributed by atoms with van der Waals surface area (Å²) in [6.45, 7) is 1.27. The lowest BCUT2D eigenvalue weighted by molar-refractivity contribution is 0.150. The predicted molar refractivity (Wildman–Crippen MR) is 87.1 cm³/mol. The average molecular weight is 294 g/mol. The predicted octanol–water partition coefficient (Wildman–Crippen LogP) is 4.56. The molecular formula is C19H22N2O. The molecular weight excluding hydrogens is 272 g/mol. The number of pyridine rings is 1. The summed E-state index contributed by atoms with van der Waals surface area (Å²) in [7, 11) is 0. The van der Waals surface area contributed by atoms with E-state index < -0.39 is 0 Å². The minimum atomic E-state index is 0.609. The number of benzene rings is 1. The molecule has 3 heterocycles. The molecule has 4 rings (SSSR count). The molecule has 0 spiro atoms. The van der Waals surface area contributed by atoms with Gasteiger partial charge in [0.25, 0.3) is 0 Å². The number of nitrogens with zero attached hydrogens (tertiary/aromatic N) is 2. The molecule has 22 heavy (non-hydrogen) atoms. The van der Waals surface area contributed by atoms with Crippen molar-refractivity contribution in [1.29, 1.82) is 0 Å². The molecule has 2 saturated heterocycles. The van der Waals surface area contributed by atoms with Crippen molar-refractivity contribution in [1.82, 2.24) is 9.88 Å². The average Bonchev–Trinajstić information content (AvgIpc) is 3.01. The third-order valence-corrected chi connectivity index (χ3v) is 4.98. The Morgan fingerprint density at radius 1 is 0.955 bits per heavy atom. The van der Waals surface area contributed by atoms with Crippen molar-refractivity contribution in [3.8, 4) is 11.5 Å². The summed E-state index contributed by atoms with van der Waals surface area (Å²) >= 11 is 0. The van der Waals surface area contributed by atoms with Crippen molar-refractivity contribution < 1.29 is 4.74 Å². The fourth-order valence-electron chi connectivity index (χ4n) is 3.92. The van der Waals surface area contributed by atoms with Gasteiger partial charge in [0.05, 0.1) is 6.20 Å². The molecule has 0 N–H and O–H groups in total. The molecule has 1 aromatic carbocycles. The summed E-state index contributed by atoms with van der Waals surface area (Å²) in [6, 6.07) is 13.9. The van der Waals surface area contributed by atoms with Crippen LogP contribution in [0.15, 0.2) is 48.8 Å². The summed E-state index contributed by atoms with van der Waals surface area (Å²) in [6.07, 6.45) is 10.3. The van der Waals surface area contributed by atoms with Gasteiger partial charge in [-0.05, 0) is 62.1 Å². The van der Waals surface area contributed by atoms with Crippen LogP contribution in [0, 0.1) is 0 Å². The number of hydrogen-bond donors (Lipinski definition) is 0. The minimum absolute atomic E-state index is 0.609. The van der Waals surface area contributed by atoms with E-state index in [-0.39, 0.29) is 0 Å². The smallest absolute Gasteiger partial charge is 0.145 e. The highest BCUT2D eigenvalue weighted by atomic mass is 16.5. The summed E-state index contributed by atoms with van der Waals surface area (Å²) in [5, 5.41) is 0. The molecule has 2 aromatic rings. The first kappa shape index (κ1) is 13.8. The molecule has 114 valence electrons. The van der Waals surface area contributed by atoms with E-state index in [0.29, 0.717) is 6.04 Å². The maximum atomic E-state index is 5.83. The number of piperidine rings is 1. The molecule has 0 saturated carbocycles. The number of fused-ring (bicyclic) bond motifs is 1. The molecule has 1 aromatic heterocycles. The minimum Gasteiger partial charge on any atom is -0.456 e. The monoisotopic (exact) mass is 294 g/mol. The SMILES string of the molecule is c1cncc(Oc2ccc(C3CCC4CCCCN43)cc2)c1. The Labute approximate surface area is 131 Å². The van der Waals surface area contributed by atoms with Crippen LogP contribution in [0.3, 0.4) is 0 Å². The Morgan fingerprint density at radius 3 is 2.68 bits per heavy atom. The molecule has 0 amide bonds. The Bertz CT molecular complexity index is 611. The number of aromatic nitrogens is 1. The third-order valence-electron chi connectivity index (χ3n) is 4.98. The first-order valence-electron chi connectivity index (χ1n) is 8.34. The van der Waals surface area contributed by atoms with E-state index in [4.69, 9.17) is 4.74 Å². The zero-order chi connectivity index (χ0) is 14.8. The highest BCUT2D eigenvalue weighted by Gasteiger charge is 2.35. The Balaban J connectivity index is 1.48. The molecule has 0 radical (unpaired) electrons. The fraction of sp³-hybridized carbons (Fsp3) is 0.421. The third kappa shape index (κ3) is 2.73. The maximum Gasteiger partial charge on any atom is 0.145 e. The van der Waals surface area contributed by atoms with Crippen molar-refractivity contribution in [2.24, 2.45) is 0 Å². The fourth-order valence-corrected chi connectivity index (χ4v) is 3.92. The standard InChI is InChI=1S/C19H22N2O/c1-2-13-21-16(4-1)8-11-19(21)15-6-9-17(10-7-15)22-18-5-3-12-20-14-18/h3,5-7,9-10,12,14,16,19H,1-2,4,8,11,13H2. The van der Waals surface area contributed by atoms with Gasteiger partial charge in [0.2, 0.25) is 0 Å². The van der Waals surface area contributed by atoms with Gasteiger partial charge < -0.3 is 4.74 Å². The molecule has 3 heteroatoms. The molecule has 2 aliphatic rings. The molecule has 3 nitrogen and oxygen atoms in total. The second-order valence-corrected chi connectivity index (χ2v) is 6.34. The van der Waals surface area contributed by atoms with Crippen molar-refractivity contribution >= 4 is 0 Å². The molecule has 0 bridgehead atoms. The van der Waals surface area contributed by atoms with Gasteiger partial charge in [-0.15, -0.1) is 0 Å². The van der Waals surface area contributed by atoms with Crippen LogP contribution >= 0.6 is 0 Å². The van der Waals surface area contributed by atoms with E-state index in [1.165, 1.54) is 44.2 Å². The van der Waals surface area contributed by atoms with E-state index in [1.54, 1.807) is 12.4 Å². The maximum absolute atomic E-state index is 5.83. The first-order valence-corrected chi connectivity index (χ1v) is 8.34. The number of hydrogen-bond acceptors (Lipinski definition) is 3. The largest absolute Gasteiger partial charge is 0.456 e. The van der Waals surface area contributed by atoms with Crippen molar-refractivity contribution in [2.75, 3.05) is 6.54 Å². The van der Waals surface area contributed by atoms with Crippen molar-refractivity contribution in [3.63, 3.8) is 0 Å². The molecule has 2 unspecified atom stereocenters. The second kappa shape index (κ2) is 6.09. The molecule has 0 aliphatic carbocycles. The van der Waals surface area contributed by atoms with Gasteiger partial charge in [0.1, 0.15) is 11.5 Å². The summed E-state index contributed by atoms with van der Waals surface area (Å²) in [5.74, 6) is 1.66. The Kier molecular flexibility index (Phi) is 3.81. The van der Waals surface area contributed by atoms with Crippen LogP contribution in [-0.2, 0) is 0 Å². The van der Waals surface area contributed by atoms with Crippen molar-refractivity contribution in [3.05, 3.63) is 54.4 Å². The first-order chi connectivity index (χ1) is 10.9. The second-order valence-electron chi connectivity index (χ2n) is 6.34. The van der Waals surface area contributed by atoms with E-state index >= 15 is 0 Å². The van der Waals surface area contributed by atoms with Crippen LogP contribution in [0.5, 0.6) is 11.5 Å². The zero-order valence-corrected chi connectivity index (χ0v) is 12.8. The van der Waals surface area contributed by atoms with Gasteiger partial charge in [0.15, 0.2) is 0 Å². The van der Waals surface area contributed by atoms with Gasteiger partial charge in [-0.3, -0.25) is 9.88 Å². The van der Waals surface area contributed by atoms with E-state index in [2.05, 4.69) is 34.1 Å². The lowest BCUT2D eigenvalue weighted by Crippen LogP contribution is -2.35. The van der Waals surface area contributed by atoms with Gasteiger partial charge in [-0.2, -0.15) is 0 Å². The van der Waals surface area contributed by atoms with Gasteiger partial charge in [-0.25, -0.2) is 0 Å². The summed E-state index contributed by atoms with van der Waals surface area (Å²) < 4.78 is 5.83. The normalized spacial score (nSPS) is 24.9. The van der Waals surface area contributed by atoms with Gasteiger partial charge >= 0.3 is 0 Å². The lowest BCUT2D eigenvalue weighted by atomic mass is 10.0. The van der Waals surface area contributed by atoms with Crippen LogP contribution in [0.25, 0.3) is 0 Å². The molecule has 2 aliphatic heterocycles. The quantitative estimate of drug-likeness (QED) is 0.829. The van der Waals surface area contributed by atoms with E-state index in [0.717, 1.165) is 17.5 Å². The highest BCUT2D eigenvalue weighted by Crippen LogP contribution is 2.40. The van der Waals surface area contributed by atoms with Crippen LogP contribution in [0.4, 0.5) is 0 Å². The van der Waals surface area contributed by atoms with Gasteiger partial charge in [-0.1, -0.05) is 18.6 Å². The Hall–Kier alpha value is -1.87. The van der Waals surface area contributed by atoms with Crippen LogP contribution in [-0.4, -0.2) is 22.5 Å². The van der Waals surface area contributed by atoms with Crippen molar-refractivity contribution in [2.45, 2.75) is 44.2 Å². The summed E-state index contributed by atoms with van der Waals surface area (Å²) in [5.41, 5.74) is 1.43. The molecule has 2 fully saturated rings.